The van der Waals surface area contributed by atoms with Gasteiger partial charge in [-0.2, -0.15) is 0 Å². The SMILES string of the molecule is CC[C@@H](O)[C@@H]1C[C@@H]1[C@@H](C)COC(=O)C(C)(C)C. The van der Waals surface area contributed by atoms with Crippen LogP contribution in [0.5, 0.6) is 0 Å². The highest BCUT2D eigenvalue weighted by atomic mass is 16.5. The second-order valence-corrected chi connectivity index (χ2v) is 6.36. The van der Waals surface area contributed by atoms with Crippen LogP contribution in [0.25, 0.3) is 0 Å². The van der Waals surface area contributed by atoms with E-state index in [1.807, 2.05) is 27.7 Å². The third-order valence-electron chi connectivity index (χ3n) is 3.62. The van der Waals surface area contributed by atoms with Gasteiger partial charge < -0.3 is 9.84 Å². The Morgan fingerprint density at radius 2 is 2.00 bits per heavy atom. The smallest absolute Gasteiger partial charge is 0.311 e. The molecule has 4 atom stereocenters. The number of hydrogen-bond donors (Lipinski definition) is 1. The van der Waals surface area contributed by atoms with E-state index < -0.39 is 5.41 Å². The van der Waals surface area contributed by atoms with E-state index in [2.05, 4.69) is 6.92 Å². The quantitative estimate of drug-likeness (QED) is 0.754. The molecule has 1 rings (SSSR count). The summed E-state index contributed by atoms with van der Waals surface area (Å²) in [5.41, 5.74) is -0.425. The van der Waals surface area contributed by atoms with Crippen molar-refractivity contribution in [2.75, 3.05) is 6.61 Å². The van der Waals surface area contributed by atoms with Crippen molar-refractivity contribution in [3.63, 3.8) is 0 Å². The zero-order valence-corrected chi connectivity index (χ0v) is 11.7. The van der Waals surface area contributed by atoms with Crippen LogP contribution >= 0.6 is 0 Å². The number of carbonyl (C=O) groups excluding carboxylic acids is 1. The summed E-state index contributed by atoms with van der Waals surface area (Å²) in [7, 11) is 0. The van der Waals surface area contributed by atoms with Crippen LogP contribution in [0.3, 0.4) is 0 Å². The summed E-state index contributed by atoms with van der Waals surface area (Å²) in [6.07, 6.45) is 1.71. The summed E-state index contributed by atoms with van der Waals surface area (Å²) < 4.78 is 5.31. The molecule has 0 aromatic rings. The number of aliphatic hydroxyl groups excluding tert-OH is 1. The van der Waals surface area contributed by atoms with Crippen molar-refractivity contribution in [3.05, 3.63) is 0 Å². The second-order valence-electron chi connectivity index (χ2n) is 6.36. The third-order valence-corrected chi connectivity index (χ3v) is 3.62. The maximum Gasteiger partial charge on any atom is 0.311 e. The number of ether oxygens (including phenoxy) is 1. The van der Waals surface area contributed by atoms with Gasteiger partial charge in [0.15, 0.2) is 0 Å². The van der Waals surface area contributed by atoms with Crippen molar-refractivity contribution in [1.29, 1.82) is 0 Å². The molecule has 0 aromatic carbocycles. The fourth-order valence-corrected chi connectivity index (χ4v) is 2.18. The Kier molecular flexibility index (Phi) is 4.59. The zero-order valence-electron chi connectivity index (χ0n) is 11.7. The molecule has 100 valence electrons. The second kappa shape index (κ2) is 5.38. The molecule has 17 heavy (non-hydrogen) atoms. The number of rotatable bonds is 5. The molecular weight excluding hydrogens is 216 g/mol. The minimum atomic E-state index is -0.425. The number of esters is 1. The van der Waals surface area contributed by atoms with E-state index in [-0.39, 0.29) is 12.1 Å². The number of aliphatic hydroxyl groups is 1. The Bertz CT molecular complexity index is 267. The molecule has 3 nitrogen and oxygen atoms in total. The first-order valence-corrected chi connectivity index (χ1v) is 6.62. The normalized spacial score (nSPS) is 27.4. The van der Waals surface area contributed by atoms with Gasteiger partial charge in [-0.25, -0.2) is 0 Å². The highest BCUT2D eigenvalue weighted by Gasteiger charge is 2.45. The fraction of sp³-hybridized carbons (Fsp3) is 0.929. The van der Waals surface area contributed by atoms with E-state index in [4.69, 9.17) is 4.74 Å². The molecule has 1 N–H and O–H groups in total. The molecule has 1 saturated carbocycles. The summed E-state index contributed by atoms with van der Waals surface area (Å²) in [5.74, 6) is 1.16. The topological polar surface area (TPSA) is 46.5 Å². The zero-order chi connectivity index (χ0) is 13.2. The van der Waals surface area contributed by atoms with Crippen molar-refractivity contribution in [1.82, 2.24) is 0 Å². The molecular formula is C14H26O3. The largest absolute Gasteiger partial charge is 0.465 e. The Labute approximate surface area is 105 Å². The maximum absolute atomic E-state index is 11.6. The van der Waals surface area contributed by atoms with Gasteiger partial charge in [0.1, 0.15) is 0 Å². The van der Waals surface area contributed by atoms with Crippen LogP contribution in [0.4, 0.5) is 0 Å². The Morgan fingerprint density at radius 1 is 1.41 bits per heavy atom. The first kappa shape index (κ1) is 14.5. The van der Waals surface area contributed by atoms with Crippen LogP contribution in [0.2, 0.25) is 0 Å². The molecule has 0 saturated heterocycles. The summed E-state index contributed by atoms with van der Waals surface area (Å²) in [6, 6.07) is 0. The van der Waals surface area contributed by atoms with Crippen LogP contribution < -0.4 is 0 Å². The van der Waals surface area contributed by atoms with Gasteiger partial charge in [0.25, 0.3) is 0 Å². The number of carbonyl (C=O) groups is 1. The number of hydrogen-bond acceptors (Lipinski definition) is 3. The van der Waals surface area contributed by atoms with Crippen LogP contribution in [0, 0.1) is 23.2 Å². The van der Waals surface area contributed by atoms with Gasteiger partial charge in [-0.05, 0) is 51.4 Å². The van der Waals surface area contributed by atoms with E-state index >= 15 is 0 Å². The van der Waals surface area contributed by atoms with E-state index in [9.17, 15) is 9.90 Å². The van der Waals surface area contributed by atoms with Gasteiger partial charge in [0, 0.05) is 0 Å². The van der Waals surface area contributed by atoms with Crippen LogP contribution in [0.15, 0.2) is 0 Å². The Hall–Kier alpha value is -0.570. The third kappa shape index (κ3) is 3.98. The Balaban J connectivity index is 2.28. The lowest BCUT2D eigenvalue weighted by atomic mass is 9.97. The summed E-state index contributed by atoms with van der Waals surface area (Å²) in [4.78, 5) is 11.6. The average Bonchev–Trinajstić information content (AvgIpc) is 3.02. The standard InChI is InChI=1S/C14H26O3/c1-6-12(15)11-7-10(11)9(2)8-17-13(16)14(3,4)5/h9-12,15H,6-8H2,1-5H3/t9-,10+,11+,12+/m0/s1. The molecule has 0 unspecified atom stereocenters. The lowest BCUT2D eigenvalue weighted by Crippen LogP contribution is -2.25. The van der Waals surface area contributed by atoms with Gasteiger partial charge in [-0.1, -0.05) is 13.8 Å². The monoisotopic (exact) mass is 242 g/mol. The van der Waals surface area contributed by atoms with Crippen molar-refractivity contribution in [2.24, 2.45) is 23.2 Å². The highest BCUT2D eigenvalue weighted by Crippen LogP contribution is 2.47. The molecule has 1 fully saturated rings. The van der Waals surface area contributed by atoms with Crippen molar-refractivity contribution < 1.29 is 14.6 Å². The molecule has 1 aliphatic carbocycles. The van der Waals surface area contributed by atoms with Crippen molar-refractivity contribution in [3.8, 4) is 0 Å². The van der Waals surface area contributed by atoms with Gasteiger partial charge >= 0.3 is 5.97 Å². The molecule has 1 aliphatic rings. The van der Waals surface area contributed by atoms with E-state index in [0.717, 1.165) is 12.8 Å². The molecule has 0 aromatic heterocycles. The van der Waals surface area contributed by atoms with E-state index in [1.165, 1.54) is 0 Å². The molecule has 3 heteroatoms. The van der Waals surface area contributed by atoms with Crippen LogP contribution in [-0.2, 0) is 9.53 Å². The van der Waals surface area contributed by atoms with Crippen LogP contribution in [-0.4, -0.2) is 23.8 Å². The van der Waals surface area contributed by atoms with Gasteiger partial charge in [0.2, 0.25) is 0 Å². The van der Waals surface area contributed by atoms with Gasteiger partial charge in [-0.3, -0.25) is 4.79 Å². The molecule has 0 bridgehead atoms. The van der Waals surface area contributed by atoms with E-state index in [1.54, 1.807) is 0 Å². The predicted molar refractivity (Wildman–Crippen MR) is 67.5 cm³/mol. The minimum Gasteiger partial charge on any atom is -0.465 e. The highest BCUT2D eigenvalue weighted by molar-refractivity contribution is 5.75. The maximum atomic E-state index is 11.6. The fourth-order valence-electron chi connectivity index (χ4n) is 2.18. The van der Waals surface area contributed by atoms with Crippen molar-refractivity contribution in [2.45, 2.75) is 53.6 Å². The lowest BCUT2D eigenvalue weighted by Gasteiger charge is -2.19. The first-order chi connectivity index (χ1) is 7.77. The summed E-state index contributed by atoms with van der Waals surface area (Å²) in [5, 5.41) is 9.72. The minimum absolute atomic E-state index is 0.141. The van der Waals surface area contributed by atoms with Gasteiger partial charge in [0.05, 0.1) is 18.1 Å². The summed E-state index contributed by atoms with van der Waals surface area (Å²) >= 11 is 0. The lowest BCUT2D eigenvalue weighted by molar-refractivity contribution is -0.154. The van der Waals surface area contributed by atoms with Crippen LogP contribution in [0.1, 0.15) is 47.5 Å². The molecule has 0 heterocycles. The molecule has 0 amide bonds. The molecule has 0 radical (unpaired) electrons. The first-order valence-electron chi connectivity index (χ1n) is 6.62. The average molecular weight is 242 g/mol. The van der Waals surface area contributed by atoms with E-state index in [0.29, 0.717) is 24.4 Å². The Morgan fingerprint density at radius 3 is 2.47 bits per heavy atom. The summed E-state index contributed by atoms with van der Waals surface area (Å²) in [6.45, 7) is 10.2. The van der Waals surface area contributed by atoms with Crippen molar-refractivity contribution >= 4 is 5.97 Å². The van der Waals surface area contributed by atoms with Gasteiger partial charge in [-0.15, -0.1) is 0 Å². The predicted octanol–water partition coefficient (Wildman–Crippen LogP) is 2.62. The molecule has 0 spiro atoms. The molecule has 0 aliphatic heterocycles.